The van der Waals surface area contributed by atoms with Crippen LogP contribution >= 0.6 is 11.3 Å². The van der Waals surface area contributed by atoms with Crippen molar-refractivity contribution >= 4 is 16.5 Å². The maximum absolute atomic E-state index is 4.32. The van der Waals surface area contributed by atoms with E-state index in [1.807, 2.05) is 12.3 Å². The number of hydrogen-bond donors (Lipinski definition) is 1. The molecule has 0 aromatic carbocycles. The molecule has 0 amide bonds. The third kappa shape index (κ3) is 2.51. The third-order valence-electron chi connectivity index (χ3n) is 1.26. The number of thiazole rings is 1. The Morgan fingerprint density at radius 1 is 1.83 bits per heavy atom. The molecule has 0 bridgehead atoms. The van der Waals surface area contributed by atoms with Gasteiger partial charge in [0, 0.05) is 11.8 Å². The molecule has 0 spiro atoms. The highest BCUT2D eigenvalue weighted by Gasteiger charge is 1.99. The minimum atomic E-state index is 0.856. The smallest absolute Gasteiger partial charge is 0.186 e. The molecule has 1 rings (SSSR count). The minimum Gasteiger partial charge on any atom is -0.339 e. The normalized spacial score (nSPS) is 9.42. The first-order chi connectivity index (χ1) is 5.72. The van der Waals surface area contributed by atoms with Gasteiger partial charge in [-0.25, -0.2) is 4.98 Å². The molecule has 0 saturated heterocycles. The molecule has 0 aliphatic carbocycles. The van der Waals surface area contributed by atoms with Gasteiger partial charge in [-0.3, -0.25) is 0 Å². The van der Waals surface area contributed by atoms with Crippen LogP contribution in [0.5, 0.6) is 0 Å². The summed E-state index contributed by atoms with van der Waals surface area (Å²) in [5, 5.41) is 5.86. The zero-order valence-electron chi connectivity index (χ0n) is 7.13. The lowest BCUT2D eigenvalue weighted by molar-refractivity contribution is 1.08. The largest absolute Gasteiger partial charge is 0.339 e. The Morgan fingerprint density at radius 2 is 2.58 bits per heavy atom. The fourth-order valence-electron chi connectivity index (χ4n) is 0.851. The summed E-state index contributed by atoms with van der Waals surface area (Å²) >= 11 is 1.58. The van der Waals surface area contributed by atoms with Crippen LogP contribution in [0.15, 0.2) is 30.3 Å². The molecule has 64 valence electrons. The van der Waals surface area contributed by atoms with Gasteiger partial charge in [0.05, 0.1) is 5.69 Å². The maximum Gasteiger partial charge on any atom is 0.186 e. The van der Waals surface area contributed by atoms with Crippen molar-refractivity contribution in [3.63, 3.8) is 0 Å². The van der Waals surface area contributed by atoms with Crippen LogP contribution in [0.25, 0.3) is 0 Å². The molecule has 0 saturated carbocycles. The van der Waals surface area contributed by atoms with E-state index in [0.29, 0.717) is 0 Å². The zero-order chi connectivity index (χ0) is 8.97. The van der Waals surface area contributed by atoms with Crippen LogP contribution in [0.1, 0.15) is 12.6 Å². The average Bonchev–Trinajstić information content (AvgIpc) is 2.36. The van der Waals surface area contributed by atoms with Crippen molar-refractivity contribution in [2.45, 2.75) is 13.3 Å². The van der Waals surface area contributed by atoms with E-state index in [2.05, 4.69) is 23.5 Å². The second kappa shape index (κ2) is 4.07. The molecule has 0 fully saturated rings. The summed E-state index contributed by atoms with van der Waals surface area (Å²) in [6.07, 6.45) is 2.48. The van der Waals surface area contributed by atoms with Gasteiger partial charge in [0.2, 0.25) is 0 Å². The summed E-state index contributed by atoms with van der Waals surface area (Å²) in [5.74, 6) is 0. The first kappa shape index (κ1) is 9.00. The quantitative estimate of drug-likeness (QED) is 0.721. The Balaban J connectivity index is 2.63. The Morgan fingerprint density at radius 3 is 3.17 bits per heavy atom. The zero-order valence-corrected chi connectivity index (χ0v) is 7.95. The third-order valence-corrected chi connectivity index (χ3v) is 2.08. The van der Waals surface area contributed by atoms with Gasteiger partial charge in [0.25, 0.3) is 0 Å². The van der Waals surface area contributed by atoms with Gasteiger partial charge in [-0.2, -0.15) is 0 Å². The van der Waals surface area contributed by atoms with E-state index >= 15 is 0 Å². The number of nitrogens with zero attached hydrogens (tertiary/aromatic N) is 1. The molecule has 1 aromatic heterocycles. The monoisotopic (exact) mass is 180 g/mol. The van der Waals surface area contributed by atoms with Gasteiger partial charge in [-0.1, -0.05) is 18.7 Å². The number of aromatic nitrogens is 1. The van der Waals surface area contributed by atoms with Crippen molar-refractivity contribution in [2.24, 2.45) is 0 Å². The number of rotatable bonds is 4. The fraction of sp³-hybridized carbons (Fsp3) is 0.222. The second-order valence-corrected chi connectivity index (χ2v) is 3.48. The first-order valence-electron chi connectivity index (χ1n) is 3.68. The van der Waals surface area contributed by atoms with Crippen LogP contribution in [0, 0.1) is 0 Å². The summed E-state index contributed by atoms with van der Waals surface area (Å²) in [4.78, 5) is 4.32. The van der Waals surface area contributed by atoms with Crippen LogP contribution in [0.4, 0.5) is 5.13 Å². The van der Waals surface area contributed by atoms with Gasteiger partial charge in [0.1, 0.15) is 0 Å². The SMILES string of the molecule is C=CNc1nc(CC(=C)C)cs1. The molecular formula is C9H12N2S. The molecule has 2 nitrogen and oxygen atoms in total. The summed E-state index contributed by atoms with van der Waals surface area (Å²) in [5.41, 5.74) is 2.20. The Labute approximate surface area is 76.7 Å². The highest BCUT2D eigenvalue weighted by Crippen LogP contribution is 2.16. The molecule has 12 heavy (non-hydrogen) atoms. The van der Waals surface area contributed by atoms with Gasteiger partial charge in [0.15, 0.2) is 5.13 Å². The van der Waals surface area contributed by atoms with Crippen LogP contribution in [0.3, 0.4) is 0 Å². The Bertz CT molecular complexity index is 288. The van der Waals surface area contributed by atoms with Crippen molar-refractivity contribution in [3.8, 4) is 0 Å². The number of nitrogens with one attached hydrogen (secondary N) is 1. The van der Waals surface area contributed by atoms with Gasteiger partial charge in [-0.05, 0) is 13.1 Å². The predicted octanol–water partition coefficient (Wildman–Crippen LogP) is 2.82. The van der Waals surface area contributed by atoms with E-state index in [4.69, 9.17) is 0 Å². The van der Waals surface area contributed by atoms with E-state index in [1.54, 1.807) is 17.5 Å². The molecule has 0 aliphatic heterocycles. The molecule has 1 N–H and O–H groups in total. The van der Waals surface area contributed by atoms with E-state index in [0.717, 1.165) is 22.8 Å². The predicted molar refractivity (Wildman–Crippen MR) is 54.5 cm³/mol. The van der Waals surface area contributed by atoms with Crippen LogP contribution in [-0.4, -0.2) is 4.98 Å². The number of anilines is 1. The van der Waals surface area contributed by atoms with E-state index < -0.39 is 0 Å². The lowest BCUT2D eigenvalue weighted by Gasteiger charge is -1.93. The molecule has 0 atom stereocenters. The fourth-order valence-corrected chi connectivity index (χ4v) is 1.56. The first-order valence-corrected chi connectivity index (χ1v) is 4.56. The Hall–Kier alpha value is -1.09. The molecule has 0 unspecified atom stereocenters. The van der Waals surface area contributed by atoms with Crippen molar-refractivity contribution in [1.82, 2.24) is 4.98 Å². The van der Waals surface area contributed by atoms with Gasteiger partial charge in [-0.15, -0.1) is 11.3 Å². The molecule has 1 aromatic rings. The lowest BCUT2D eigenvalue weighted by Crippen LogP contribution is -1.88. The highest BCUT2D eigenvalue weighted by atomic mass is 32.1. The van der Waals surface area contributed by atoms with E-state index in [1.165, 1.54) is 0 Å². The average molecular weight is 180 g/mol. The van der Waals surface area contributed by atoms with Crippen LogP contribution in [0.2, 0.25) is 0 Å². The topological polar surface area (TPSA) is 24.9 Å². The summed E-state index contributed by atoms with van der Waals surface area (Å²) < 4.78 is 0. The van der Waals surface area contributed by atoms with Crippen LogP contribution < -0.4 is 5.32 Å². The summed E-state index contributed by atoms with van der Waals surface area (Å²) in [7, 11) is 0. The van der Waals surface area contributed by atoms with E-state index in [-0.39, 0.29) is 0 Å². The standard InChI is InChI=1S/C9H12N2S/c1-4-10-9-11-8(6-12-9)5-7(2)3/h4,6H,1-2,5H2,3H3,(H,10,11). The van der Waals surface area contributed by atoms with Gasteiger partial charge < -0.3 is 5.32 Å². The molecule has 3 heteroatoms. The van der Waals surface area contributed by atoms with Crippen molar-refractivity contribution in [1.29, 1.82) is 0 Å². The lowest BCUT2D eigenvalue weighted by atomic mass is 10.2. The maximum atomic E-state index is 4.32. The molecular weight excluding hydrogens is 168 g/mol. The van der Waals surface area contributed by atoms with Crippen molar-refractivity contribution < 1.29 is 0 Å². The molecule has 0 radical (unpaired) electrons. The second-order valence-electron chi connectivity index (χ2n) is 2.63. The van der Waals surface area contributed by atoms with Gasteiger partial charge >= 0.3 is 0 Å². The van der Waals surface area contributed by atoms with Crippen LogP contribution in [-0.2, 0) is 6.42 Å². The summed E-state index contributed by atoms with van der Waals surface area (Å²) in [6, 6.07) is 0. The number of hydrogen-bond acceptors (Lipinski definition) is 3. The molecule has 0 aliphatic rings. The highest BCUT2D eigenvalue weighted by molar-refractivity contribution is 7.13. The number of allylic oxidation sites excluding steroid dienone is 1. The van der Waals surface area contributed by atoms with Crippen molar-refractivity contribution in [3.05, 3.63) is 36.0 Å². The van der Waals surface area contributed by atoms with E-state index in [9.17, 15) is 0 Å². The molecule has 1 heterocycles. The minimum absolute atomic E-state index is 0.856. The summed E-state index contributed by atoms with van der Waals surface area (Å²) in [6.45, 7) is 9.39. The van der Waals surface area contributed by atoms with Crippen molar-refractivity contribution in [2.75, 3.05) is 5.32 Å². The Kier molecular flexibility index (Phi) is 3.05.